The zero-order valence-electron chi connectivity index (χ0n) is 13.0. The largest absolute Gasteiger partial charge is 0.379 e. The summed E-state index contributed by atoms with van der Waals surface area (Å²) in [6, 6.07) is 2.34. The Kier molecular flexibility index (Phi) is 5.60. The van der Waals surface area contributed by atoms with Gasteiger partial charge in [0.25, 0.3) is 0 Å². The van der Waals surface area contributed by atoms with E-state index in [4.69, 9.17) is 4.74 Å². The van der Waals surface area contributed by atoms with Gasteiger partial charge in [-0.25, -0.2) is 0 Å². The van der Waals surface area contributed by atoms with Crippen LogP contribution >= 0.6 is 0 Å². The minimum atomic E-state index is 0.863. The number of nitrogens with zero attached hydrogens (tertiary/aromatic N) is 3. The topological polar surface area (TPSA) is 28.6 Å². The first kappa shape index (κ1) is 14.9. The van der Waals surface area contributed by atoms with Gasteiger partial charge in [0, 0.05) is 38.6 Å². The third-order valence-electron chi connectivity index (χ3n) is 4.53. The lowest BCUT2D eigenvalue weighted by molar-refractivity contribution is 0.0341. The highest BCUT2D eigenvalue weighted by Gasteiger charge is 2.12. The summed E-state index contributed by atoms with van der Waals surface area (Å²) < 4.78 is 5.40. The maximum absolute atomic E-state index is 5.40. The van der Waals surface area contributed by atoms with E-state index in [1.165, 1.54) is 50.0 Å². The SMILES string of the molecule is c1ncc(CN2CCOCC2)cc1CCN1CCCCC1. The molecule has 0 radical (unpaired) electrons. The van der Waals surface area contributed by atoms with Gasteiger partial charge < -0.3 is 9.64 Å². The molecule has 0 bridgehead atoms. The Morgan fingerprint density at radius 3 is 2.48 bits per heavy atom. The molecular formula is C17H27N3O. The fourth-order valence-corrected chi connectivity index (χ4v) is 3.25. The number of aromatic nitrogens is 1. The second-order valence-electron chi connectivity index (χ2n) is 6.24. The summed E-state index contributed by atoms with van der Waals surface area (Å²) in [5.41, 5.74) is 2.72. The zero-order valence-corrected chi connectivity index (χ0v) is 13.0. The van der Waals surface area contributed by atoms with Gasteiger partial charge in [-0.1, -0.05) is 12.5 Å². The smallest absolute Gasteiger partial charge is 0.0594 e. The van der Waals surface area contributed by atoms with Gasteiger partial charge in [0.2, 0.25) is 0 Å². The molecule has 0 aromatic carbocycles. The van der Waals surface area contributed by atoms with Crippen molar-refractivity contribution in [3.05, 3.63) is 29.6 Å². The van der Waals surface area contributed by atoms with Crippen LogP contribution in [0.25, 0.3) is 0 Å². The predicted octanol–water partition coefficient (Wildman–Crippen LogP) is 1.94. The van der Waals surface area contributed by atoms with Crippen LogP contribution in [-0.2, 0) is 17.7 Å². The van der Waals surface area contributed by atoms with Crippen LogP contribution in [0, 0.1) is 0 Å². The highest BCUT2D eigenvalue weighted by atomic mass is 16.5. The minimum absolute atomic E-state index is 0.863. The Bertz CT molecular complexity index is 426. The number of likely N-dealkylation sites (tertiary alicyclic amines) is 1. The highest BCUT2D eigenvalue weighted by molar-refractivity contribution is 5.18. The molecule has 0 unspecified atom stereocenters. The molecule has 0 aliphatic carbocycles. The molecule has 2 saturated heterocycles. The van der Waals surface area contributed by atoms with Crippen molar-refractivity contribution in [2.75, 3.05) is 45.9 Å². The van der Waals surface area contributed by atoms with Gasteiger partial charge in [-0.3, -0.25) is 9.88 Å². The molecule has 0 spiro atoms. The third kappa shape index (κ3) is 4.77. The molecule has 0 N–H and O–H groups in total. The van der Waals surface area contributed by atoms with E-state index in [0.717, 1.165) is 39.3 Å². The minimum Gasteiger partial charge on any atom is -0.379 e. The number of hydrogen-bond donors (Lipinski definition) is 0. The van der Waals surface area contributed by atoms with Crippen molar-refractivity contribution in [2.24, 2.45) is 0 Å². The molecular weight excluding hydrogens is 262 g/mol. The number of piperidine rings is 1. The summed E-state index contributed by atoms with van der Waals surface area (Å²) in [6.45, 7) is 8.55. The van der Waals surface area contributed by atoms with E-state index in [2.05, 4.69) is 20.9 Å². The second kappa shape index (κ2) is 7.87. The number of ether oxygens (including phenoxy) is 1. The highest BCUT2D eigenvalue weighted by Crippen LogP contribution is 2.12. The quantitative estimate of drug-likeness (QED) is 0.828. The summed E-state index contributed by atoms with van der Waals surface area (Å²) in [5, 5.41) is 0. The average molecular weight is 289 g/mol. The number of pyridine rings is 1. The van der Waals surface area contributed by atoms with E-state index in [9.17, 15) is 0 Å². The van der Waals surface area contributed by atoms with Crippen molar-refractivity contribution in [3.63, 3.8) is 0 Å². The first-order chi connectivity index (χ1) is 10.4. The lowest BCUT2D eigenvalue weighted by Gasteiger charge is -2.27. The van der Waals surface area contributed by atoms with E-state index < -0.39 is 0 Å². The molecule has 0 saturated carbocycles. The van der Waals surface area contributed by atoms with Crippen molar-refractivity contribution in [1.82, 2.24) is 14.8 Å². The van der Waals surface area contributed by atoms with E-state index >= 15 is 0 Å². The summed E-state index contributed by atoms with van der Waals surface area (Å²) in [5.74, 6) is 0. The van der Waals surface area contributed by atoms with Crippen LogP contribution in [-0.4, -0.2) is 60.7 Å². The Morgan fingerprint density at radius 1 is 0.905 bits per heavy atom. The van der Waals surface area contributed by atoms with Gasteiger partial charge >= 0.3 is 0 Å². The summed E-state index contributed by atoms with van der Waals surface area (Å²) >= 11 is 0. The lowest BCUT2D eigenvalue weighted by atomic mass is 10.1. The Labute approximate surface area is 128 Å². The van der Waals surface area contributed by atoms with Crippen molar-refractivity contribution in [1.29, 1.82) is 0 Å². The molecule has 4 nitrogen and oxygen atoms in total. The molecule has 2 aliphatic rings. The lowest BCUT2D eigenvalue weighted by Crippen LogP contribution is -2.35. The average Bonchev–Trinajstić information content (AvgIpc) is 2.55. The predicted molar refractivity (Wildman–Crippen MR) is 84.3 cm³/mol. The first-order valence-corrected chi connectivity index (χ1v) is 8.35. The fraction of sp³-hybridized carbons (Fsp3) is 0.706. The molecule has 2 fully saturated rings. The number of morpholine rings is 1. The molecule has 0 atom stereocenters. The van der Waals surface area contributed by atoms with Gasteiger partial charge in [0.15, 0.2) is 0 Å². The van der Waals surface area contributed by atoms with E-state index in [1.807, 2.05) is 12.4 Å². The summed E-state index contributed by atoms with van der Waals surface area (Å²) in [6.07, 6.45) is 9.33. The maximum atomic E-state index is 5.40. The summed E-state index contributed by atoms with van der Waals surface area (Å²) in [7, 11) is 0. The first-order valence-electron chi connectivity index (χ1n) is 8.35. The van der Waals surface area contributed by atoms with Crippen LogP contribution in [0.2, 0.25) is 0 Å². The van der Waals surface area contributed by atoms with Crippen LogP contribution in [0.15, 0.2) is 18.5 Å². The molecule has 116 valence electrons. The van der Waals surface area contributed by atoms with Crippen LogP contribution in [0.5, 0.6) is 0 Å². The Morgan fingerprint density at radius 2 is 1.67 bits per heavy atom. The fourth-order valence-electron chi connectivity index (χ4n) is 3.25. The van der Waals surface area contributed by atoms with Crippen LogP contribution in [0.4, 0.5) is 0 Å². The molecule has 2 aliphatic heterocycles. The van der Waals surface area contributed by atoms with Gasteiger partial charge in [0.05, 0.1) is 13.2 Å². The molecule has 1 aromatic heterocycles. The van der Waals surface area contributed by atoms with Gasteiger partial charge in [0.1, 0.15) is 0 Å². The zero-order chi connectivity index (χ0) is 14.3. The Balaban J connectivity index is 1.50. The van der Waals surface area contributed by atoms with Crippen LogP contribution < -0.4 is 0 Å². The standard InChI is InChI=1S/C17H27N3O/c1-2-5-19(6-3-1)7-4-16-12-17(14-18-13-16)15-20-8-10-21-11-9-20/h12-14H,1-11,15H2. The maximum Gasteiger partial charge on any atom is 0.0594 e. The van der Waals surface area contributed by atoms with Crippen molar-refractivity contribution in [2.45, 2.75) is 32.2 Å². The summed E-state index contributed by atoms with van der Waals surface area (Å²) in [4.78, 5) is 9.49. The third-order valence-corrected chi connectivity index (χ3v) is 4.53. The normalized spacial score (nSPS) is 21.5. The second-order valence-corrected chi connectivity index (χ2v) is 6.24. The molecule has 4 heteroatoms. The van der Waals surface area contributed by atoms with Crippen molar-refractivity contribution >= 4 is 0 Å². The molecule has 3 rings (SSSR count). The number of rotatable bonds is 5. The van der Waals surface area contributed by atoms with Crippen LogP contribution in [0.1, 0.15) is 30.4 Å². The van der Waals surface area contributed by atoms with Gasteiger partial charge in [-0.2, -0.15) is 0 Å². The molecule has 21 heavy (non-hydrogen) atoms. The van der Waals surface area contributed by atoms with E-state index in [0.29, 0.717) is 0 Å². The van der Waals surface area contributed by atoms with Crippen molar-refractivity contribution < 1.29 is 4.74 Å². The molecule has 0 amide bonds. The van der Waals surface area contributed by atoms with E-state index in [-0.39, 0.29) is 0 Å². The van der Waals surface area contributed by atoms with Gasteiger partial charge in [-0.05, 0) is 43.5 Å². The monoisotopic (exact) mass is 289 g/mol. The van der Waals surface area contributed by atoms with Gasteiger partial charge in [-0.15, -0.1) is 0 Å². The molecule has 1 aromatic rings. The molecule has 3 heterocycles. The van der Waals surface area contributed by atoms with E-state index in [1.54, 1.807) is 0 Å². The van der Waals surface area contributed by atoms with Crippen LogP contribution in [0.3, 0.4) is 0 Å². The number of hydrogen-bond acceptors (Lipinski definition) is 4. The Hall–Kier alpha value is -0.970. The van der Waals surface area contributed by atoms with Crippen molar-refractivity contribution in [3.8, 4) is 0 Å².